The van der Waals surface area contributed by atoms with Crippen LogP contribution in [0, 0.1) is 0 Å². The van der Waals surface area contributed by atoms with E-state index in [4.69, 9.17) is 5.73 Å². The summed E-state index contributed by atoms with van der Waals surface area (Å²) < 4.78 is 0. The summed E-state index contributed by atoms with van der Waals surface area (Å²) in [5.41, 5.74) is 13.2. The Labute approximate surface area is 127 Å². The van der Waals surface area contributed by atoms with Crippen LogP contribution in [0.4, 0.5) is 0 Å². The minimum Gasteiger partial charge on any atom is -0.323 e. The summed E-state index contributed by atoms with van der Waals surface area (Å²) >= 11 is 0. The Balaban J connectivity index is 1.84. The van der Waals surface area contributed by atoms with E-state index in [1.807, 2.05) is 0 Å². The summed E-state index contributed by atoms with van der Waals surface area (Å²) in [5, 5.41) is 0. The van der Waals surface area contributed by atoms with Gasteiger partial charge in [-0.2, -0.15) is 0 Å². The van der Waals surface area contributed by atoms with E-state index in [1.54, 1.807) is 0 Å². The Morgan fingerprint density at radius 2 is 1.76 bits per heavy atom. The Morgan fingerprint density at radius 1 is 1.05 bits per heavy atom. The lowest BCUT2D eigenvalue weighted by Crippen LogP contribution is -2.33. The Kier molecular flexibility index (Phi) is 3.83. The molecular formula is C19H24N2. The summed E-state index contributed by atoms with van der Waals surface area (Å²) in [4.78, 5) is 2.30. The lowest BCUT2D eigenvalue weighted by molar-refractivity contribution is 0.257. The van der Waals surface area contributed by atoms with Gasteiger partial charge in [0.05, 0.1) is 0 Å². The van der Waals surface area contributed by atoms with Crippen LogP contribution in [0.15, 0.2) is 42.5 Å². The minimum absolute atomic E-state index is 0.0754. The summed E-state index contributed by atoms with van der Waals surface area (Å²) in [6.07, 6.45) is 1.03. The van der Waals surface area contributed by atoms with Crippen molar-refractivity contribution in [2.45, 2.75) is 32.4 Å². The number of rotatable bonds is 4. The molecule has 0 saturated heterocycles. The van der Waals surface area contributed by atoms with Crippen molar-refractivity contribution in [1.82, 2.24) is 4.90 Å². The molecule has 1 unspecified atom stereocenters. The number of benzene rings is 2. The van der Waals surface area contributed by atoms with Gasteiger partial charge < -0.3 is 10.6 Å². The largest absolute Gasteiger partial charge is 0.323 e. The third-order valence-electron chi connectivity index (χ3n) is 4.61. The highest BCUT2D eigenvalue weighted by Gasteiger charge is 2.19. The van der Waals surface area contributed by atoms with Crippen molar-refractivity contribution in [3.63, 3.8) is 0 Å². The summed E-state index contributed by atoms with van der Waals surface area (Å²) in [7, 11) is 2.13. The van der Waals surface area contributed by atoms with Crippen molar-refractivity contribution in [3.8, 4) is 11.1 Å². The number of fused-ring (bicyclic) bond motifs is 3. The minimum atomic E-state index is 0.0754. The van der Waals surface area contributed by atoms with E-state index >= 15 is 0 Å². The monoisotopic (exact) mass is 280 g/mol. The maximum atomic E-state index is 6.39. The standard InChI is InChI=1S/C19H24N2/c1-13(2)21(3)12-19(20)15-8-9-18-16(11-15)10-14-6-4-5-7-17(14)18/h4-9,11,13,19H,10,12,20H2,1-3H3. The second kappa shape index (κ2) is 5.63. The first-order valence-electron chi connectivity index (χ1n) is 7.73. The molecule has 0 heterocycles. The highest BCUT2D eigenvalue weighted by molar-refractivity contribution is 5.76. The molecule has 3 rings (SSSR count). The fraction of sp³-hybridized carbons (Fsp3) is 0.368. The van der Waals surface area contributed by atoms with Gasteiger partial charge in [-0.05, 0) is 55.1 Å². The number of hydrogen-bond donors (Lipinski definition) is 1. The number of hydrogen-bond acceptors (Lipinski definition) is 2. The van der Waals surface area contributed by atoms with E-state index in [9.17, 15) is 0 Å². The van der Waals surface area contributed by atoms with Crippen molar-refractivity contribution in [3.05, 3.63) is 59.2 Å². The molecule has 0 saturated carbocycles. The van der Waals surface area contributed by atoms with Crippen LogP contribution in [0.1, 0.15) is 36.6 Å². The van der Waals surface area contributed by atoms with Crippen LogP contribution in [0.5, 0.6) is 0 Å². The molecule has 110 valence electrons. The summed E-state index contributed by atoms with van der Waals surface area (Å²) in [5.74, 6) is 0. The van der Waals surface area contributed by atoms with E-state index in [1.165, 1.54) is 27.8 Å². The van der Waals surface area contributed by atoms with E-state index < -0.39 is 0 Å². The maximum Gasteiger partial charge on any atom is 0.0424 e. The van der Waals surface area contributed by atoms with Crippen LogP contribution in [0.2, 0.25) is 0 Å². The van der Waals surface area contributed by atoms with E-state index in [0.717, 1.165) is 13.0 Å². The zero-order valence-corrected chi connectivity index (χ0v) is 13.1. The van der Waals surface area contributed by atoms with E-state index in [-0.39, 0.29) is 6.04 Å². The molecule has 0 bridgehead atoms. The fourth-order valence-corrected chi connectivity index (χ4v) is 3.02. The van der Waals surface area contributed by atoms with Gasteiger partial charge in [-0.15, -0.1) is 0 Å². The molecule has 21 heavy (non-hydrogen) atoms. The van der Waals surface area contributed by atoms with Gasteiger partial charge in [-0.1, -0.05) is 42.5 Å². The molecule has 1 aliphatic rings. The third kappa shape index (κ3) is 2.74. The molecule has 2 N–H and O–H groups in total. The van der Waals surface area contributed by atoms with Crippen molar-refractivity contribution in [2.24, 2.45) is 5.73 Å². The normalized spacial score (nSPS) is 14.4. The topological polar surface area (TPSA) is 29.3 Å². The predicted molar refractivity (Wildman–Crippen MR) is 89.4 cm³/mol. The SMILES string of the molecule is CC(C)N(C)CC(N)c1ccc2c(c1)Cc1ccccc1-2. The van der Waals surface area contributed by atoms with Crippen LogP contribution in [-0.2, 0) is 6.42 Å². The quantitative estimate of drug-likeness (QED) is 0.791. The molecule has 0 aromatic heterocycles. The summed E-state index contributed by atoms with van der Waals surface area (Å²) in [6, 6.07) is 16.0. The number of nitrogens with zero attached hydrogens (tertiary/aromatic N) is 1. The first kappa shape index (κ1) is 14.3. The Hall–Kier alpha value is -1.64. The smallest absolute Gasteiger partial charge is 0.0424 e. The van der Waals surface area contributed by atoms with Crippen LogP contribution < -0.4 is 5.73 Å². The Bertz CT molecular complexity index is 646. The number of nitrogens with two attached hydrogens (primary N) is 1. The van der Waals surface area contributed by atoms with Gasteiger partial charge in [-0.3, -0.25) is 0 Å². The average Bonchev–Trinajstić information content (AvgIpc) is 2.84. The predicted octanol–water partition coefficient (Wildman–Crippen LogP) is 3.60. The van der Waals surface area contributed by atoms with Crippen LogP contribution in [-0.4, -0.2) is 24.5 Å². The molecule has 1 aliphatic carbocycles. The first-order valence-corrected chi connectivity index (χ1v) is 7.73. The highest BCUT2D eigenvalue weighted by atomic mass is 15.1. The molecule has 0 radical (unpaired) electrons. The van der Waals surface area contributed by atoms with E-state index in [0.29, 0.717) is 6.04 Å². The number of likely N-dealkylation sites (N-methyl/N-ethyl adjacent to an activating group) is 1. The first-order chi connectivity index (χ1) is 10.1. The van der Waals surface area contributed by atoms with Crippen LogP contribution >= 0.6 is 0 Å². The van der Waals surface area contributed by atoms with Gasteiger partial charge in [-0.25, -0.2) is 0 Å². The molecule has 1 atom stereocenters. The highest BCUT2D eigenvalue weighted by Crippen LogP contribution is 2.37. The molecule has 2 aromatic rings. The second-order valence-corrected chi connectivity index (χ2v) is 6.39. The van der Waals surface area contributed by atoms with Crippen molar-refractivity contribution in [1.29, 1.82) is 0 Å². The van der Waals surface area contributed by atoms with Crippen molar-refractivity contribution < 1.29 is 0 Å². The van der Waals surface area contributed by atoms with Crippen LogP contribution in [0.25, 0.3) is 11.1 Å². The van der Waals surface area contributed by atoms with Gasteiger partial charge in [0.15, 0.2) is 0 Å². The van der Waals surface area contributed by atoms with Gasteiger partial charge in [0.25, 0.3) is 0 Å². The maximum absolute atomic E-state index is 6.39. The molecule has 0 amide bonds. The van der Waals surface area contributed by atoms with Gasteiger partial charge >= 0.3 is 0 Å². The molecule has 2 nitrogen and oxygen atoms in total. The van der Waals surface area contributed by atoms with Gasteiger partial charge in [0.2, 0.25) is 0 Å². The second-order valence-electron chi connectivity index (χ2n) is 6.39. The zero-order valence-electron chi connectivity index (χ0n) is 13.1. The Morgan fingerprint density at radius 3 is 2.52 bits per heavy atom. The van der Waals surface area contributed by atoms with Gasteiger partial charge in [0, 0.05) is 18.6 Å². The molecule has 2 heteroatoms. The van der Waals surface area contributed by atoms with Gasteiger partial charge in [0.1, 0.15) is 0 Å². The molecule has 0 spiro atoms. The lowest BCUT2D eigenvalue weighted by atomic mass is 9.99. The van der Waals surface area contributed by atoms with Crippen molar-refractivity contribution >= 4 is 0 Å². The molecular weight excluding hydrogens is 256 g/mol. The molecule has 0 fully saturated rings. The summed E-state index contributed by atoms with van der Waals surface area (Å²) in [6.45, 7) is 5.29. The molecule has 2 aromatic carbocycles. The average molecular weight is 280 g/mol. The van der Waals surface area contributed by atoms with Crippen LogP contribution in [0.3, 0.4) is 0 Å². The molecule has 0 aliphatic heterocycles. The zero-order chi connectivity index (χ0) is 15.0. The fourth-order valence-electron chi connectivity index (χ4n) is 3.02. The van der Waals surface area contributed by atoms with E-state index in [2.05, 4.69) is 68.3 Å². The van der Waals surface area contributed by atoms with Crippen molar-refractivity contribution in [2.75, 3.05) is 13.6 Å². The third-order valence-corrected chi connectivity index (χ3v) is 4.61. The lowest BCUT2D eigenvalue weighted by Gasteiger charge is -2.25.